The molecule has 2 rings (SSSR count). The second kappa shape index (κ2) is 7.16. The summed E-state index contributed by atoms with van der Waals surface area (Å²) in [4.78, 5) is 28.5. The number of nitrogens with two attached hydrogens (primary N) is 1. The predicted octanol–water partition coefficient (Wildman–Crippen LogP) is -0.408. The van der Waals surface area contributed by atoms with Gasteiger partial charge in [0.05, 0.1) is 15.8 Å². The zero-order valence-corrected chi connectivity index (χ0v) is 14.0. The van der Waals surface area contributed by atoms with Gasteiger partial charge >= 0.3 is 0 Å². The van der Waals surface area contributed by atoms with Crippen LogP contribution in [0.4, 0.5) is 5.69 Å². The number of amidine groups is 1. The number of hydrogen-bond acceptors (Lipinski definition) is 7. The van der Waals surface area contributed by atoms with Gasteiger partial charge in [-0.25, -0.2) is 18.5 Å². The highest BCUT2D eigenvalue weighted by Crippen LogP contribution is 2.31. The first-order valence-electron chi connectivity index (χ1n) is 6.72. The Bertz CT molecular complexity index is 802. The van der Waals surface area contributed by atoms with Gasteiger partial charge in [0.1, 0.15) is 0 Å². The molecule has 1 atom stereocenters. The lowest BCUT2D eigenvalue weighted by Gasteiger charge is -2.13. The predicted molar refractivity (Wildman–Crippen MR) is 87.8 cm³/mol. The van der Waals surface area contributed by atoms with Gasteiger partial charge in [0.15, 0.2) is 5.17 Å². The van der Waals surface area contributed by atoms with Crippen molar-refractivity contribution < 1.29 is 23.1 Å². The normalized spacial score (nSPS) is 19.7. The molecule has 10 heteroatoms. The maximum atomic E-state index is 12.2. The Labute approximate surface area is 143 Å². The summed E-state index contributed by atoms with van der Waals surface area (Å²) in [7, 11) is -3.80. The van der Waals surface area contributed by atoms with Crippen molar-refractivity contribution in [3.63, 3.8) is 0 Å². The number of carboxylic acids is 1. The van der Waals surface area contributed by atoms with Crippen LogP contribution in [0.5, 0.6) is 0 Å². The van der Waals surface area contributed by atoms with E-state index >= 15 is 0 Å². The minimum atomic E-state index is -3.80. The second-order valence-corrected chi connectivity index (χ2v) is 7.58. The van der Waals surface area contributed by atoms with Gasteiger partial charge in [-0.3, -0.25) is 9.69 Å². The zero-order valence-electron chi connectivity index (χ0n) is 12.4. The van der Waals surface area contributed by atoms with Crippen molar-refractivity contribution in [3.05, 3.63) is 36.9 Å². The highest BCUT2D eigenvalue weighted by atomic mass is 32.2. The van der Waals surface area contributed by atoms with Crippen molar-refractivity contribution in [3.8, 4) is 0 Å². The van der Waals surface area contributed by atoms with E-state index in [1.165, 1.54) is 35.2 Å². The van der Waals surface area contributed by atoms with Crippen molar-refractivity contribution in [2.24, 2.45) is 10.1 Å². The number of aliphatic carboxylic acids is 1. The summed E-state index contributed by atoms with van der Waals surface area (Å²) in [6.07, 6.45) is 1.08. The Morgan fingerprint density at radius 1 is 1.42 bits per heavy atom. The average molecular weight is 368 g/mol. The monoisotopic (exact) mass is 368 g/mol. The van der Waals surface area contributed by atoms with Crippen LogP contribution in [-0.2, 0) is 19.6 Å². The van der Waals surface area contributed by atoms with Gasteiger partial charge in [-0.15, -0.1) is 6.58 Å². The highest BCUT2D eigenvalue weighted by Gasteiger charge is 2.37. The van der Waals surface area contributed by atoms with Crippen molar-refractivity contribution in [2.75, 3.05) is 6.54 Å². The molecule has 1 saturated heterocycles. The quantitative estimate of drug-likeness (QED) is 0.679. The number of sulfonamides is 1. The van der Waals surface area contributed by atoms with E-state index in [0.717, 1.165) is 11.8 Å². The van der Waals surface area contributed by atoms with Crippen LogP contribution in [0.3, 0.4) is 0 Å². The molecule has 1 heterocycles. The second-order valence-electron chi connectivity index (χ2n) is 4.85. The van der Waals surface area contributed by atoms with Crippen molar-refractivity contribution in [1.82, 2.24) is 4.90 Å². The smallest absolute Gasteiger partial charge is 0.242 e. The molecule has 24 heavy (non-hydrogen) atoms. The minimum absolute atomic E-state index is 0.0561. The molecular formula is C14H14N3O5S2-. The molecule has 0 radical (unpaired) electrons. The molecule has 0 aromatic heterocycles. The van der Waals surface area contributed by atoms with Crippen LogP contribution >= 0.6 is 11.8 Å². The number of rotatable bonds is 6. The average Bonchev–Trinajstić information content (AvgIpc) is 2.75. The molecule has 0 unspecified atom stereocenters. The fourth-order valence-electron chi connectivity index (χ4n) is 1.99. The molecule has 0 saturated carbocycles. The first kappa shape index (κ1) is 18.2. The molecule has 0 bridgehead atoms. The molecule has 8 nitrogen and oxygen atoms in total. The molecule has 128 valence electrons. The lowest BCUT2D eigenvalue weighted by atomic mass is 10.2. The van der Waals surface area contributed by atoms with E-state index in [1.807, 2.05) is 0 Å². The van der Waals surface area contributed by atoms with E-state index in [0.29, 0.717) is 10.9 Å². The Balaban J connectivity index is 2.30. The van der Waals surface area contributed by atoms with Crippen LogP contribution < -0.4 is 10.2 Å². The third-order valence-corrected chi connectivity index (χ3v) is 5.18. The number of nitrogens with zero attached hydrogens (tertiary/aromatic N) is 2. The van der Waals surface area contributed by atoms with Crippen LogP contribution in [-0.4, -0.2) is 42.2 Å². The molecule has 1 fully saturated rings. The SMILES string of the molecule is C=CCN1C(=O)[C@@H](CC(=O)[O-])SC1=Nc1ccc(S(N)(=O)=O)cc1. The third-order valence-electron chi connectivity index (χ3n) is 3.07. The molecule has 1 aromatic carbocycles. The number of carbonyl (C=O) groups is 2. The fraction of sp³-hybridized carbons (Fsp3) is 0.214. The van der Waals surface area contributed by atoms with E-state index in [4.69, 9.17) is 5.14 Å². The van der Waals surface area contributed by atoms with E-state index in [1.54, 1.807) is 0 Å². The summed E-state index contributed by atoms with van der Waals surface area (Å²) in [5, 5.41) is 15.3. The number of hydrogen-bond donors (Lipinski definition) is 1. The number of thioether (sulfide) groups is 1. The van der Waals surface area contributed by atoms with Gasteiger partial charge in [-0.1, -0.05) is 17.8 Å². The number of benzene rings is 1. The maximum Gasteiger partial charge on any atom is 0.242 e. The largest absolute Gasteiger partial charge is 0.550 e. The number of primary sulfonamides is 1. The van der Waals surface area contributed by atoms with Gasteiger partial charge in [-0.05, 0) is 24.3 Å². The van der Waals surface area contributed by atoms with Gasteiger partial charge < -0.3 is 9.90 Å². The lowest BCUT2D eigenvalue weighted by Crippen LogP contribution is -2.35. The van der Waals surface area contributed by atoms with Crippen LogP contribution in [0.1, 0.15) is 6.42 Å². The topological polar surface area (TPSA) is 133 Å². The van der Waals surface area contributed by atoms with Gasteiger partial charge in [0.25, 0.3) is 0 Å². The summed E-state index contributed by atoms with van der Waals surface area (Å²) >= 11 is 1.01. The van der Waals surface area contributed by atoms with E-state index in [9.17, 15) is 23.1 Å². The summed E-state index contributed by atoms with van der Waals surface area (Å²) < 4.78 is 22.5. The van der Waals surface area contributed by atoms with E-state index in [-0.39, 0.29) is 17.3 Å². The first-order valence-corrected chi connectivity index (χ1v) is 9.15. The molecule has 0 spiro atoms. The summed E-state index contributed by atoms with van der Waals surface area (Å²) in [5.41, 5.74) is 0.404. The number of aliphatic imine (C=N–C) groups is 1. The summed E-state index contributed by atoms with van der Waals surface area (Å²) in [5.74, 6) is -1.71. The number of amides is 1. The number of carbonyl (C=O) groups excluding carboxylic acids is 2. The van der Waals surface area contributed by atoms with E-state index < -0.39 is 27.7 Å². The van der Waals surface area contributed by atoms with Crippen LogP contribution in [0.2, 0.25) is 0 Å². The molecular weight excluding hydrogens is 354 g/mol. The fourth-order valence-corrected chi connectivity index (χ4v) is 3.66. The standard InChI is InChI=1S/C14H15N3O5S2/c1-2-7-17-13(20)11(8-12(18)19)23-14(17)16-9-3-5-10(6-4-9)24(15,21)22/h2-6,11H,1,7-8H2,(H,18,19)(H2,15,21,22)/p-1/t11-/m1/s1. The van der Waals surface area contributed by atoms with Gasteiger partial charge in [0, 0.05) is 18.9 Å². The molecule has 1 amide bonds. The Morgan fingerprint density at radius 3 is 2.54 bits per heavy atom. The van der Waals surface area contributed by atoms with Gasteiger partial charge in [0.2, 0.25) is 15.9 Å². The van der Waals surface area contributed by atoms with Crippen molar-refractivity contribution in [2.45, 2.75) is 16.6 Å². The minimum Gasteiger partial charge on any atom is -0.550 e. The highest BCUT2D eigenvalue weighted by molar-refractivity contribution is 8.15. The van der Waals surface area contributed by atoms with Crippen LogP contribution in [0, 0.1) is 0 Å². The van der Waals surface area contributed by atoms with Crippen molar-refractivity contribution >= 4 is 44.5 Å². The molecule has 2 N–H and O–H groups in total. The Kier molecular flexibility index (Phi) is 5.42. The molecule has 1 aromatic rings. The van der Waals surface area contributed by atoms with E-state index in [2.05, 4.69) is 11.6 Å². The van der Waals surface area contributed by atoms with Crippen LogP contribution in [0.15, 0.2) is 46.8 Å². The van der Waals surface area contributed by atoms with Crippen molar-refractivity contribution in [1.29, 1.82) is 0 Å². The third kappa shape index (κ3) is 4.22. The Morgan fingerprint density at radius 2 is 2.04 bits per heavy atom. The summed E-state index contributed by atoms with van der Waals surface area (Å²) in [6.45, 7) is 3.74. The first-order chi connectivity index (χ1) is 11.2. The van der Waals surface area contributed by atoms with Crippen LogP contribution in [0.25, 0.3) is 0 Å². The molecule has 0 aliphatic carbocycles. The molecule has 1 aliphatic rings. The Hall–Kier alpha value is -2.17. The molecule has 1 aliphatic heterocycles. The zero-order chi connectivity index (χ0) is 17.9. The lowest BCUT2D eigenvalue weighted by molar-refractivity contribution is -0.305. The maximum absolute atomic E-state index is 12.2. The van der Waals surface area contributed by atoms with Gasteiger partial charge in [-0.2, -0.15) is 0 Å². The number of carboxylic acid groups (broad SMARTS) is 1. The summed E-state index contributed by atoms with van der Waals surface area (Å²) in [6, 6.07) is 5.48.